The van der Waals surface area contributed by atoms with Gasteiger partial charge >= 0.3 is 5.97 Å². The second-order valence-electron chi connectivity index (χ2n) is 4.33. The topological polar surface area (TPSA) is 82.7 Å². The first-order valence-electron chi connectivity index (χ1n) is 6.92. The van der Waals surface area contributed by atoms with Crippen molar-refractivity contribution >= 4 is 34.9 Å². The Bertz CT molecular complexity index is 691. The minimum absolute atomic E-state index is 0.128. The monoisotopic (exact) mass is 354 g/mol. The molecule has 0 fully saturated rings. The van der Waals surface area contributed by atoms with Gasteiger partial charge in [0.1, 0.15) is 11.3 Å². The van der Waals surface area contributed by atoms with E-state index in [1.165, 1.54) is 6.07 Å². The number of benzene rings is 1. The first kappa shape index (κ1) is 19.0. The highest BCUT2D eigenvalue weighted by atomic mass is 35.5. The van der Waals surface area contributed by atoms with Crippen molar-refractivity contribution in [3.8, 4) is 6.07 Å². The minimum Gasteiger partial charge on any atom is -0.510 e. The number of esters is 1. The van der Waals surface area contributed by atoms with Crippen LogP contribution in [0.2, 0.25) is 10.0 Å². The van der Waals surface area contributed by atoms with Crippen molar-refractivity contribution in [3.63, 3.8) is 0 Å². The van der Waals surface area contributed by atoms with Gasteiger partial charge in [0.25, 0.3) is 0 Å². The van der Waals surface area contributed by atoms with Crippen LogP contribution >= 0.6 is 23.2 Å². The summed E-state index contributed by atoms with van der Waals surface area (Å²) < 4.78 is 4.97. The predicted octanol–water partition coefficient (Wildman–Crippen LogP) is 4.09. The summed E-state index contributed by atoms with van der Waals surface area (Å²) in [6, 6.07) is 6.53. The normalized spacial score (nSPS) is 12.4. The highest BCUT2D eigenvalue weighted by Gasteiger charge is 2.24. The molecule has 0 saturated carbocycles. The molecule has 0 aliphatic heterocycles. The van der Waals surface area contributed by atoms with Crippen molar-refractivity contribution in [2.45, 2.75) is 20.3 Å². The summed E-state index contributed by atoms with van der Waals surface area (Å²) in [5, 5.41) is 19.5. The fraction of sp³-hybridized carbons (Fsp3) is 0.312. The third-order valence-electron chi connectivity index (χ3n) is 2.76. The van der Waals surface area contributed by atoms with E-state index < -0.39 is 11.7 Å². The van der Waals surface area contributed by atoms with Crippen LogP contribution in [0.4, 0.5) is 0 Å². The minimum atomic E-state index is -0.751. The van der Waals surface area contributed by atoms with Crippen LogP contribution in [0, 0.1) is 11.3 Å². The Morgan fingerprint density at radius 2 is 2.04 bits per heavy atom. The van der Waals surface area contributed by atoms with Crippen molar-refractivity contribution < 1.29 is 14.6 Å². The lowest BCUT2D eigenvalue weighted by atomic mass is 10.00. The Morgan fingerprint density at radius 3 is 2.57 bits per heavy atom. The average Bonchev–Trinajstić information content (AvgIpc) is 2.50. The van der Waals surface area contributed by atoms with Gasteiger partial charge in [-0.25, -0.2) is 4.79 Å². The van der Waals surface area contributed by atoms with Crippen molar-refractivity contribution in [2.75, 3.05) is 13.2 Å². The van der Waals surface area contributed by atoms with E-state index in [0.29, 0.717) is 17.1 Å². The molecule has 0 aliphatic carbocycles. The Hall–Kier alpha value is -2.03. The molecule has 1 aromatic rings. The first-order chi connectivity index (χ1) is 11.0. The van der Waals surface area contributed by atoms with Crippen molar-refractivity contribution in [1.82, 2.24) is 0 Å². The van der Waals surface area contributed by atoms with Crippen molar-refractivity contribution in [1.29, 1.82) is 5.26 Å². The molecule has 1 aromatic carbocycles. The van der Waals surface area contributed by atoms with Crippen LogP contribution in [0.1, 0.15) is 25.8 Å². The number of carbonyl (C=O) groups excluding carboxylic acids is 1. The van der Waals surface area contributed by atoms with Crippen molar-refractivity contribution in [3.05, 3.63) is 45.1 Å². The number of hydrogen-bond acceptors (Lipinski definition) is 5. The molecule has 7 heteroatoms. The second-order valence-corrected chi connectivity index (χ2v) is 5.14. The average molecular weight is 355 g/mol. The van der Waals surface area contributed by atoms with Gasteiger partial charge in [0.15, 0.2) is 0 Å². The van der Waals surface area contributed by atoms with Crippen LogP contribution in [-0.2, 0) is 9.53 Å². The number of aliphatic hydroxyl groups excluding tert-OH is 1. The zero-order chi connectivity index (χ0) is 17.4. The van der Waals surface area contributed by atoms with Gasteiger partial charge in [-0.05, 0) is 26.0 Å². The van der Waals surface area contributed by atoms with E-state index in [4.69, 9.17) is 33.2 Å². The van der Waals surface area contributed by atoms with Crippen LogP contribution < -0.4 is 0 Å². The Balaban J connectivity index is 3.51. The molecule has 5 nitrogen and oxygen atoms in total. The lowest BCUT2D eigenvalue weighted by Gasteiger charge is -2.13. The van der Waals surface area contributed by atoms with Gasteiger partial charge < -0.3 is 9.84 Å². The maximum atomic E-state index is 12.2. The fourth-order valence-electron chi connectivity index (χ4n) is 1.83. The van der Waals surface area contributed by atoms with Crippen LogP contribution in [0.3, 0.4) is 0 Å². The number of hydrogen-bond donors (Lipinski definition) is 1. The molecule has 0 aromatic heterocycles. The van der Waals surface area contributed by atoms with E-state index >= 15 is 0 Å². The van der Waals surface area contributed by atoms with Crippen LogP contribution in [-0.4, -0.2) is 29.9 Å². The smallest absolute Gasteiger partial charge is 0.343 e. The molecule has 0 bridgehead atoms. The highest BCUT2D eigenvalue weighted by Crippen LogP contribution is 2.25. The number of allylic oxidation sites excluding steroid dienone is 1. The Morgan fingerprint density at radius 1 is 1.35 bits per heavy atom. The summed E-state index contributed by atoms with van der Waals surface area (Å²) in [6.45, 7) is 3.91. The van der Waals surface area contributed by atoms with Gasteiger partial charge in [0.05, 0.1) is 34.9 Å². The standard InChI is InChI=1S/C16H16Cl2N2O3/c1-3-20-15(10-5-6-11(17)12(18)9-10)14(13(21)7-8-19)16(22)23-4-2/h5-6,9,21H,3-4,7H2,1-2H3/b14-13+,20-15?. The number of aliphatic hydroxyl groups is 1. The number of ether oxygens (including phenoxy) is 1. The van der Waals surface area contributed by atoms with E-state index in [1.54, 1.807) is 32.0 Å². The number of rotatable bonds is 6. The maximum Gasteiger partial charge on any atom is 0.343 e. The van der Waals surface area contributed by atoms with Crippen LogP contribution in [0.25, 0.3) is 0 Å². The quantitative estimate of drug-likeness (QED) is 0.361. The summed E-state index contributed by atoms with van der Waals surface area (Å²) >= 11 is 11.9. The number of aliphatic imine (C=N–C) groups is 1. The summed E-state index contributed by atoms with van der Waals surface area (Å²) in [5.41, 5.74) is 0.555. The maximum absolute atomic E-state index is 12.2. The lowest BCUT2D eigenvalue weighted by Crippen LogP contribution is -2.20. The molecule has 0 unspecified atom stereocenters. The predicted molar refractivity (Wildman–Crippen MR) is 90.1 cm³/mol. The number of nitriles is 1. The molecule has 1 N–H and O–H groups in total. The van der Waals surface area contributed by atoms with Crippen LogP contribution in [0.15, 0.2) is 34.5 Å². The largest absolute Gasteiger partial charge is 0.510 e. The first-order valence-corrected chi connectivity index (χ1v) is 7.68. The summed E-state index contributed by atoms with van der Waals surface area (Å²) in [7, 11) is 0. The van der Waals surface area contributed by atoms with E-state index in [9.17, 15) is 9.90 Å². The Labute approximate surface area is 144 Å². The zero-order valence-electron chi connectivity index (χ0n) is 12.8. The van der Waals surface area contributed by atoms with Crippen molar-refractivity contribution in [2.24, 2.45) is 4.99 Å². The lowest BCUT2D eigenvalue weighted by molar-refractivity contribution is -0.138. The summed E-state index contributed by atoms with van der Waals surface area (Å²) in [5.74, 6) is -1.15. The molecular weight excluding hydrogens is 339 g/mol. The third kappa shape index (κ3) is 4.98. The van der Waals surface area contributed by atoms with E-state index in [2.05, 4.69) is 4.99 Å². The number of nitrogens with zero attached hydrogens (tertiary/aromatic N) is 2. The zero-order valence-corrected chi connectivity index (χ0v) is 14.3. The van der Waals surface area contributed by atoms with E-state index in [-0.39, 0.29) is 29.3 Å². The molecule has 0 aliphatic rings. The van der Waals surface area contributed by atoms with Gasteiger partial charge in [0.2, 0.25) is 0 Å². The Kier molecular flexibility index (Phi) is 7.60. The SMILES string of the molecule is CCN=C(/C(C(=O)OCC)=C(\O)CC#N)c1ccc(Cl)c(Cl)c1. The number of carbonyl (C=O) groups is 1. The van der Waals surface area contributed by atoms with E-state index in [1.807, 2.05) is 0 Å². The van der Waals surface area contributed by atoms with Gasteiger partial charge in [-0.2, -0.15) is 5.26 Å². The van der Waals surface area contributed by atoms with E-state index in [0.717, 1.165) is 0 Å². The molecule has 1 rings (SSSR count). The van der Waals surface area contributed by atoms with Crippen LogP contribution in [0.5, 0.6) is 0 Å². The molecule has 0 heterocycles. The molecule has 0 amide bonds. The van der Waals surface area contributed by atoms with Gasteiger partial charge in [0, 0.05) is 12.1 Å². The fourth-order valence-corrected chi connectivity index (χ4v) is 2.13. The second kappa shape index (κ2) is 9.19. The molecule has 23 heavy (non-hydrogen) atoms. The summed E-state index contributed by atoms with van der Waals surface area (Å²) in [4.78, 5) is 16.5. The van der Waals surface area contributed by atoms with Gasteiger partial charge in [-0.1, -0.05) is 29.3 Å². The highest BCUT2D eigenvalue weighted by molar-refractivity contribution is 6.42. The molecule has 0 atom stereocenters. The summed E-state index contributed by atoms with van der Waals surface area (Å²) in [6.07, 6.45) is -0.335. The molecule has 0 saturated heterocycles. The van der Waals surface area contributed by atoms with Gasteiger partial charge in [-0.15, -0.1) is 0 Å². The molecule has 0 radical (unpaired) electrons. The third-order valence-corrected chi connectivity index (χ3v) is 3.50. The number of halogens is 2. The molecule has 122 valence electrons. The molecule has 0 spiro atoms. The molecular formula is C16H16Cl2N2O3. The van der Waals surface area contributed by atoms with Gasteiger partial charge in [-0.3, -0.25) is 4.99 Å².